The molecule has 0 bridgehead atoms. The van der Waals surface area contributed by atoms with Gasteiger partial charge in [-0.3, -0.25) is 4.79 Å². The van der Waals surface area contributed by atoms with Gasteiger partial charge in [0.05, 0.1) is 17.3 Å². The van der Waals surface area contributed by atoms with Gasteiger partial charge in [-0.05, 0) is 49.0 Å². The number of para-hydroxylation sites is 2. The molecular weight excluding hydrogens is 354 g/mol. The van der Waals surface area contributed by atoms with E-state index in [4.69, 9.17) is 12.2 Å². The zero-order valence-electron chi connectivity index (χ0n) is 15.0. The lowest BCUT2D eigenvalue weighted by atomic mass is 10.1. The third-order valence-corrected chi connectivity index (χ3v) is 4.30. The summed E-state index contributed by atoms with van der Waals surface area (Å²) in [5.74, 6) is -0.156. The van der Waals surface area contributed by atoms with Crippen molar-refractivity contribution in [3.05, 3.63) is 96.1 Å². The molecule has 27 heavy (non-hydrogen) atoms. The Balaban J connectivity index is 1.69. The van der Waals surface area contributed by atoms with Gasteiger partial charge in [-0.1, -0.05) is 60.7 Å². The maximum atomic E-state index is 12.8. The van der Waals surface area contributed by atoms with E-state index in [0.717, 1.165) is 11.3 Å². The van der Waals surface area contributed by atoms with Gasteiger partial charge < -0.3 is 16.0 Å². The van der Waals surface area contributed by atoms with E-state index >= 15 is 0 Å². The maximum absolute atomic E-state index is 12.8. The van der Waals surface area contributed by atoms with Crippen LogP contribution in [0, 0.1) is 0 Å². The second-order valence-corrected chi connectivity index (χ2v) is 6.50. The van der Waals surface area contributed by atoms with Crippen molar-refractivity contribution in [2.24, 2.45) is 0 Å². The SMILES string of the molecule is C[C@H](NC(=O)c1ccccc1NC(=S)Nc1ccccc1)c1ccccc1. The van der Waals surface area contributed by atoms with Crippen molar-refractivity contribution in [1.29, 1.82) is 0 Å². The van der Waals surface area contributed by atoms with Crippen molar-refractivity contribution in [2.75, 3.05) is 10.6 Å². The van der Waals surface area contributed by atoms with Crippen LogP contribution in [0.15, 0.2) is 84.9 Å². The number of benzene rings is 3. The molecule has 3 aromatic rings. The number of carbonyl (C=O) groups is 1. The standard InChI is InChI=1S/C22H21N3OS/c1-16(17-10-4-2-5-11-17)23-21(26)19-14-8-9-15-20(19)25-22(27)24-18-12-6-3-7-13-18/h2-16H,1H3,(H,23,26)(H2,24,25,27)/t16-/m0/s1. The van der Waals surface area contributed by atoms with Crippen LogP contribution in [0.25, 0.3) is 0 Å². The van der Waals surface area contributed by atoms with Gasteiger partial charge in [0.15, 0.2) is 5.11 Å². The first-order chi connectivity index (χ1) is 13.1. The molecule has 0 saturated heterocycles. The lowest BCUT2D eigenvalue weighted by molar-refractivity contribution is 0.0941. The van der Waals surface area contributed by atoms with Gasteiger partial charge in [-0.15, -0.1) is 0 Å². The summed E-state index contributed by atoms with van der Waals surface area (Å²) in [5, 5.41) is 9.69. The Hall–Kier alpha value is -3.18. The highest BCUT2D eigenvalue weighted by Crippen LogP contribution is 2.18. The molecule has 0 saturated carbocycles. The molecule has 4 nitrogen and oxygen atoms in total. The van der Waals surface area contributed by atoms with Crippen LogP contribution in [0.3, 0.4) is 0 Å². The number of amides is 1. The van der Waals surface area contributed by atoms with Crippen LogP contribution in [0.2, 0.25) is 0 Å². The maximum Gasteiger partial charge on any atom is 0.253 e. The predicted molar refractivity (Wildman–Crippen MR) is 115 cm³/mol. The van der Waals surface area contributed by atoms with E-state index < -0.39 is 0 Å². The number of anilines is 2. The van der Waals surface area contributed by atoms with E-state index in [0.29, 0.717) is 16.4 Å². The second kappa shape index (κ2) is 8.96. The van der Waals surface area contributed by atoms with Gasteiger partial charge in [-0.25, -0.2) is 0 Å². The Morgan fingerprint density at radius 3 is 2.11 bits per heavy atom. The minimum atomic E-state index is -0.156. The third-order valence-electron chi connectivity index (χ3n) is 4.10. The topological polar surface area (TPSA) is 53.2 Å². The van der Waals surface area contributed by atoms with E-state index in [1.807, 2.05) is 85.8 Å². The number of rotatable bonds is 5. The van der Waals surface area contributed by atoms with Gasteiger partial charge in [0, 0.05) is 5.69 Å². The van der Waals surface area contributed by atoms with Gasteiger partial charge in [0.25, 0.3) is 5.91 Å². The molecule has 0 unspecified atom stereocenters. The molecule has 3 rings (SSSR count). The van der Waals surface area contributed by atoms with Gasteiger partial charge in [0.1, 0.15) is 0 Å². The Labute approximate surface area is 164 Å². The van der Waals surface area contributed by atoms with Crippen LogP contribution in [0.1, 0.15) is 28.9 Å². The minimum absolute atomic E-state index is 0.0962. The van der Waals surface area contributed by atoms with Crippen LogP contribution < -0.4 is 16.0 Å². The predicted octanol–water partition coefficient (Wildman–Crippen LogP) is 4.99. The first kappa shape index (κ1) is 18.6. The zero-order chi connectivity index (χ0) is 19.1. The molecule has 3 aromatic carbocycles. The van der Waals surface area contributed by atoms with Crippen LogP contribution >= 0.6 is 12.2 Å². The van der Waals surface area contributed by atoms with E-state index in [-0.39, 0.29) is 11.9 Å². The zero-order valence-corrected chi connectivity index (χ0v) is 15.8. The molecule has 1 atom stereocenters. The highest BCUT2D eigenvalue weighted by Gasteiger charge is 2.15. The van der Waals surface area contributed by atoms with Crippen molar-refractivity contribution in [3.63, 3.8) is 0 Å². The normalized spacial score (nSPS) is 11.3. The molecule has 0 aromatic heterocycles. The molecule has 136 valence electrons. The lowest BCUT2D eigenvalue weighted by Crippen LogP contribution is -2.28. The highest BCUT2D eigenvalue weighted by molar-refractivity contribution is 7.80. The largest absolute Gasteiger partial charge is 0.345 e. The van der Waals surface area contributed by atoms with Gasteiger partial charge in [-0.2, -0.15) is 0 Å². The van der Waals surface area contributed by atoms with Crippen LogP contribution in [-0.4, -0.2) is 11.0 Å². The molecule has 0 heterocycles. The molecule has 3 N–H and O–H groups in total. The highest BCUT2D eigenvalue weighted by atomic mass is 32.1. The average molecular weight is 375 g/mol. The van der Waals surface area contributed by atoms with Crippen molar-refractivity contribution in [2.45, 2.75) is 13.0 Å². The summed E-state index contributed by atoms with van der Waals surface area (Å²) >= 11 is 5.37. The van der Waals surface area contributed by atoms with Crippen LogP contribution in [-0.2, 0) is 0 Å². The fourth-order valence-electron chi connectivity index (χ4n) is 2.70. The number of thiocarbonyl (C=S) groups is 1. The summed E-state index contributed by atoms with van der Waals surface area (Å²) in [5.41, 5.74) is 3.13. The summed E-state index contributed by atoms with van der Waals surface area (Å²) in [6, 6.07) is 26.7. The summed E-state index contributed by atoms with van der Waals surface area (Å²) in [4.78, 5) is 12.8. The van der Waals surface area contributed by atoms with Crippen molar-refractivity contribution >= 4 is 34.6 Å². The quantitative estimate of drug-likeness (QED) is 0.550. The fraction of sp³-hybridized carbons (Fsp3) is 0.0909. The molecule has 5 heteroatoms. The van der Waals surface area contributed by atoms with Crippen LogP contribution in [0.4, 0.5) is 11.4 Å². The van der Waals surface area contributed by atoms with Gasteiger partial charge >= 0.3 is 0 Å². The summed E-state index contributed by atoms with van der Waals surface area (Å²) in [6.45, 7) is 1.96. The molecule has 0 aliphatic carbocycles. The van der Waals surface area contributed by atoms with Crippen molar-refractivity contribution < 1.29 is 4.79 Å². The first-order valence-electron chi connectivity index (χ1n) is 8.71. The average Bonchev–Trinajstić information content (AvgIpc) is 2.69. The molecule has 0 fully saturated rings. The smallest absolute Gasteiger partial charge is 0.253 e. The third kappa shape index (κ3) is 5.15. The van der Waals surface area contributed by atoms with E-state index in [2.05, 4.69) is 16.0 Å². The number of nitrogens with one attached hydrogen (secondary N) is 3. The summed E-state index contributed by atoms with van der Waals surface area (Å²) in [6.07, 6.45) is 0. The molecule has 1 amide bonds. The molecule has 0 aliphatic heterocycles. The molecular formula is C22H21N3OS. The Morgan fingerprint density at radius 2 is 1.41 bits per heavy atom. The van der Waals surface area contributed by atoms with E-state index in [1.165, 1.54) is 0 Å². The molecule has 0 spiro atoms. The van der Waals surface area contributed by atoms with E-state index in [9.17, 15) is 4.79 Å². The number of hydrogen-bond donors (Lipinski definition) is 3. The Kier molecular flexibility index (Phi) is 6.18. The summed E-state index contributed by atoms with van der Waals surface area (Å²) in [7, 11) is 0. The van der Waals surface area contributed by atoms with E-state index in [1.54, 1.807) is 6.07 Å². The molecule has 0 radical (unpaired) electrons. The van der Waals surface area contributed by atoms with Crippen molar-refractivity contribution in [3.8, 4) is 0 Å². The molecule has 0 aliphatic rings. The lowest BCUT2D eigenvalue weighted by Gasteiger charge is -2.17. The number of hydrogen-bond acceptors (Lipinski definition) is 2. The monoisotopic (exact) mass is 375 g/mol. The fourth-order valence-corrected chi connectivity index (χ4v) is 2.92. The van der Waals surface area contributed by atoms with Crippen molar-refractivity contribution in [1.82, 2.24) is 5.32 Å². The Morgan fingerprint density at radius 1 is 0.815 bits per heavy atom. The number of carbonyl (C=O) groups excluding carboxylic acids is 1. The summed E-state index contributed by atoms with van der Waals surface area (Å²) < 4.78 is 0. The first-order valence-corrected chi connectivity index (χ1v) is 9.12. The minimum Gasteiger partial charge on any atom is -0.345 e. The Bertz CT molecular complexity index is 913. The van der Waals surface area contributed by atoms with Crippen LogP contribution in [0.5, 0.6) is 0 Å². The second-order valence-electron chi connectivity index (χ2n) is 6.10. The van der Waals surface area contributed by atoms with Gasteiger partial charge in [0.2, 0.25) is 0 Å².